The fourth-order valence-electron chi connectivity index (χ4n) is 6.39. The van der Waals surface area contributed by atoms with E-state index in [0.29, 0.717) is 5.95 Å². The Bertz CT molecular complexity index is 1530. The van der Waals surface area contributed by atoms with E-state index in [4.69, 9.17) is 4.98 Å². The van der Waals surface area contributed by atoms with Crippen molar-refractivity contribution in [1.29, 1.82) is 0 Å². The molecule has 3 N–H and O–H groups in total. The zero-order valence-electron chi connectivity index (χ0n) is 25.1. The van der Waals surface area contributed by atoms with E-state index >= 15 is 0 Å². The molecule has 1 fully saturated rings. The predicted molar refractivity (Wildman–Crippen MR) is 173 cm³/mol. The van der Waals surface area contributed by atoms with Gasteiger partial charge in [-0.3, -0.25) is 0 Å². The molecule has 9 heteroatoms. The molecule has 6 rings (SSSR count). The van der Waals surface area contributed by atoms with Crippen LogP contribution in [0.3, 0.4) is 0 Å². The first-order valence-electron chi connectivity index (χ1n) is 14.9. The maximum atomic E-state index is 5.13. The average molecular weight is 554 g/mol. The lowest BCUT2D eigenvalue weighted by atomic mass is 10.0. The maximum absolute atomic E-state index is 5.13. The van der Waals surface area contributed by atoms with Gasteiger partial charge in [-0.25, -0.2) is 9.97 Å². The van der Waals surface area contributed by atoms with Crippen molar-refractivity contribution in [3.05, 3.63) is 48.2 Å². The second-order valence-electron chi connectivity index (χ2n) is 11.5. The number of anilines is 6. The van der Waals surface area contributed by atoms with E-state index in [1.807, 2.05) is 20.3 Å². The quantitative estimate of drug-likeness (QED) is 0.239. The summed E-state index contributed by atoms with van der Waals surface area (Å²) in [5.41, 5.74) is 9.15. The van der Waals surface area contributed by atoms with Crippen molar-refractivity contribution in [2.75, 3.05) is 87.2 Å². The van der Waals surface area contributed by atoms with Crippen molar-refractivity contribution < 1.29 is 0 Å². The Morgan fingerprint density at radius 2 is 1.68 bits per heavy atom. The van der Waals surface area contributed by atoms with Gasteiger partial charge in [-0.05, 0) is 63.5 Å². The van der Waals surface area contributed by atoms with Gasteiger partial charge in [-0.1, -0.05) is 18.2 Å². The van der Waals surface area contributed by atoms with Crippen molar-refractivity contribution in [1.82, 2.24) is 19.4 Å². The summed E-state index contributed by atoms with van der Waals surface area (Å²) in [5, 5.41) is 11.6. The third-order valence-corrected chi connectivity index (χ3v) is 8.50. The van der Waals surface area contributed by atoms with Gasteiger partial charge in [0.05, 0.1) is 39.5 Å². The Morgan fingerprint density at radius 1 is 0.878 bits per heavy atom. The SMILES string of the molecule is CNc1cc(N(C)CCN(C)C)c(NC)cc1Nc1nccc(-c2c(N3CCCC3)n3c4c(cccc24)CCC3)n1. The molecule has 216 valence electrons. The van der Waals surface area contributed by atoms with Crippen LogP contribution in [-0.4, -0.2) is 80.9 Å². The molecular weight excluding hydrogens is 510 g/mol. The molecule has 2 aromatic heterocycles. The summed E-state index contributed by atoms with van der Waals surface area (Å²) in [5.74, 6) is 1.92. The monoisotopic (exact) mass is 553 g/mol. The van der Waals surface area contributed by atoms with Crippen LogP contribution >= 0.6 is 0 Å². The Morgan fingerprint density at radius 3 is 2.44 bits per heavy atom. The third kappa shape index (κ3) is 5.14. The second kappa shape index (κ2) is 11.5. The van der Waals surface area contributed by atoms with Crippen LogP contribution in [0.1, 0.15) is 24.8 Å². The molecule has 2 aliphatic heterocycles. The van der Waals surface area contributed by atoms with Crippen molar-refractivity contribution >= 4 is 45.4 Å². The van der Waals surface area contributed by atoms with Crippen LogP contribution < -0.4 is 25.8 Å². The van der Waals surface area contributed by atoms with Crippen LogP contribution in [0, 0.1) is 0 Å². The summed E-state index contributed by atoms with van der Waals surface area (Å²) in [7, 11) is 10.3. The van der Waals surface area contributed by atoms with Crippen LogP contribution in [0.15, 0.2) is 42.6 Å². The van der Waals surface area contributed by atoms with Gasteiger partial charge >= 0.3 is 0 Å². The lowest BCUT2D eigenvalue weighted by Crippen LogP contribution is -2.29. The van der Waals surface area contributed by atoms with Gasteiger partial charge in [-0.2, -0.15) is 0 Å². The van der Waals surface area contributed by atoms with Crippen LogP contribution in [0.2, 0.25) is 0 Å². The van der Waals surface area contributed by atoms with E-state index in [2.05, 4.69) is 97.7 Å². The topological polar surface area (TPSA) is 76.5 Å². The molecule has 2 aliphatic rings. The van der Waals surface area contributed by atoms with Crippen LogP contribution in [-0.2, 0) is 13.0 Å². The zero-order chi connectivity index (χ0) is 28.5. The average Bonchev–Trinajstić information content (AvgIpc) is 3.63. The van der Waals surface area contributed by atoms with Crippen molar-refractivity contribution in [2.45, 2.75) is 32.2 Å². The first kappa shape index (κ1) is 27.2. The summed E-state index contributed by atoms with van der Waals surface area (Å²) in [6.45, 7) is 5.16. The fraction of sp³-hybridized carbons (Fsp3) is 0.438. The predicted octanol–water partition coefficient (Wildman–Crippen LogP) is 5.47. The van der Waals surface area contributed by atoms with Gasteiger partial charge in [0.15, 0.2) is 0 Å². The molecular formula is C32H43N9. The minimum Gasteiger partial charge on any atom is -0.386 e. The van der Waals surface area contributed by atoms with Gasteiger partial charge in [0.1, 0.15) is 5.82 Å². The highest BCUT2D eigenvalue weighted by molar-refractivity contribution is 6.04. The van der Waals surface area contributed by atoms with Crippen LogP contribution in [0.5, 0.6) is 0 Å². The van der Waals surface area contributed by atoms with Gasteiger partial charge < -0.3 is 35.2 Å². The summed E-state index contributed by atoms with van der Waals surface area (Å²) in [4.78, 5) is 16.8. The molecule has 0 unspecified atom stereocenters. The molecule has 0 bridgehead atoms. The summed E-state index contributed by atoms with van der Waals surface area (Å²) in [6, 6.07) is 13.2. The third-order valence-electron chi connectivity index (χ3n) is 8.50. The highest BCUT2D eigenvalue weighted by Crippen LogP contribution is 2.44. The van der Waals surface area contributed by atoms with E-state index in [-0.39, 0.29) is 0 Å². The summed E-state index contributed by atoms with van der Waals surface area (Å²) in [6.07, 6.45) is 6.68. The fourth-order valence-corrected chi connectivity index (χ4v) is 6.39. The molecule has 4 heterocycles. The second-order valence-corrected chi connectivity index (χ2v) is 11.5. The Kier molecular flexibility index (Phi) is 7.62. The van der Waals surface area contributed by atoms with E-state index in [9.17, 15) is 0 Å². The van der Waals surface area contributed by atoms with Crippen LogP contribution in [0.25, 0.3) is 22.2 Å². The zero-order valence-corrected chi connectivity index (χ0v) is 25.1. The largest absolute Gasteiger partial charge is 0.386 e. The summed E-state index contributed by atoms with van der Waals surface area (Å²) < 4.78 is 2.56. The number of likely N-dealkylation sites (N-methyl/N-ethyl adjacent to an activating group) is 2. The molecule has 0 saturated carbocycles. The van der Waals surface area contributed by atoms with Gasteiger partial charge in [0.2, 0.25) is 5.95 Å². The standard InChI is InChI=1S/C32H43N9/c1-33-25-21-28(39(5)19-18-38(3)4)27(34-2)20-26(25)37-32-35-14-13-24(36-32)29-23-12-8-10-22-11-9-17-41(30(22)23)31(29)40-15-6-7-16-40/h8,10,12-14,20-21,33-34H,6-7,9,11,15-19H2,1-5H3,(H,35,36,37). The minimum atomic E-state index is 0.592. The number of hydrogen-bond acceptors (Lipinski definition) is 8. The lowest BCUT2D eigenvalue weighted by Gasteiger charge is -2.26. The summed E-state index contributed by atoms with van der Waals surface area (Å²) >= 11 is 0. The van der Waals surface area contributed by atoms with E-state index in [1.54, 1.807) is 0 Å². The molecule has 0 spiro atoms. The molecule has 9 nitrogen and oxygen atoms in total. The lowest BCUT2D eigenvalue weighted by molar-refractivity contribution is 0.416. The number of nitrogens with one attached hydrogen (secondary N) is 3. The number of rotatable bonds is 10. The molecule has 0 amide bonds. The van der Waals surface area contributed by atoms with Gasteiger partial charge in [0.25, 0.3) is 0 Å². The molecule has 0 radical (unpaired) electrons. The first-order valence-corrected chi connectivity index (χ1v) is 14.9. The molecule has 2 aromatic carbocycles. The Labute approximate surface area is 243 Å². The van der Waals surface area contributed by atoms with Gasteiger partial charge in [-0.15, -0.1) is 0 Å². The number of aryl methyl sites for hydroxylation is 2. The number of para-hydroxylation sites is 1. The van der Waals surface area contributed by atoms with Crippen molar-refractivity contribution in [3.8, 4) is 11.3 Å². The smallest absolute Gasteiger partial charge is 0.227 e. The normalized spacial score (nSPS) is 14.6. The highest BCUT2D eigenvalue weighted by atomic mass is 15.3. The first-order chi connectivity index (χ1) is 20.0. The van der Waals surface area contributed by atoms with E-state index in [0.717, 1.165) is 67.6 Å². The number of benzene rings is 2. The maximum Gasteiger partial charge on any atom is 0.227 e. The Hall–Kier alpha value is -3.98. The number of nitrogens with zero attached hydrogens (tertiary/aromatic N) is 6. The van der Waals surface area contributed by atoms with E-state index in [1.165, 1.54) is 47.1 Å². The highest BCUT2D eigenvalue weighted by Gasteiger charge is 2.28. The van der Waals surface area contributed by atoms with E-state index < -0.39 is 0 Å². The number of aromatic nitrogens is 3. The van der Waals surface area contributed by atoms with Crippen molar-refractivity contribution in [2.24, 2.45) is 0 Å². The Balaban J connectivity index is 1.39. The molecule has 0 aliphatic carbocycles. The molecule has 41 heavy (non-hydrogen) atoms. The molecule has 0 atom stereocenters. The van der Waals surface area contributed by atoms with Crippen LogP contribution in [0.4, 0.5) is 34.5 Å². The molecule has 4 aromatic rings. The molecule has 1 saturated heterocycles. The minimum absolute atomic E-state index is 0.592. The van der Waals surface area contributed by atoms with Crippen molar-refractivity contribution in [3.63, 3.8) is 0 Å². The van der Waals surface area contributed by atoms with Gasteiger partial charge in [0, 0.05) is 65.4 Å². The number of hydrogen-bond donors (Lipinski definition) is 3.